The number of esters is 1. The van der Waals surface area contributed by atoms with Crippen molar-refractivity contribution in [3.63, 3.8) is 0 Å². The number of hydrogen-bond acceptors (Lipinski definition) is 4. The smallest absolute Gasteiger partial charge is 0.303 e. The standard InChI is InChI=1S/C16H16N2O3/c1-10-7-12(3-4-15(10)16(17)20)13-5-6-18-14(8-13)9-21-11(2)19/h3-8H,9H2,1-2H3,(H2,17,20). The third-order valence-corrected chi connectivity index (χ3v) is 3.07. The normalized spacial score (nSPS) is 10.2. The van der Waals surface area contributed by atoms with Crippen molar-refractivity contribution in [2.45, 2.75) is 20.5 Å². The van der Waals surface area contributed by atoms with Gasteiger partial charge >= 0.3 is 5.97 Å². The molecule has 21 heavy (non-hydrogen) atoms. The highest BCUT2D eigenvalue weighted by molar-refractivity contribution is 5.94. The van der Waals surface area contributed by atoms with E-state index in [9.17, 15) is 9.59 Å². The van der Waals surface area contributed by atoms with Crippen molar-refractivity contribution in [2.75, 3.05) is 0 Å². The highest BCUT2D eigenvalue weighted by Crippen LogP contribution is 2.22. The van der Waals surface area contributed by atoms with Crippen molar-refractivity contribution in [2.24, 2.45) is 5.73 Å². The lowest BCUT2D eigenvalue weighted by molar-refractivity contribution is -0.142. The number of aromatic nitrogens is 1. The van der Waals surface area contributed by atoms with Gasteiger partial charge in [-0.2, -0.15) is 0 Å². The molecule has 1 aromatic heterocycles. The minimum atomic E-state index is -0.440. The average Bonchev–Trinajstić information content (AvgIpc) is 2.45. The molecule has 0 aliphatic heterocycles. The number of amides is 1. The first-order valence-corrected chi connectivity index (χ1v) is 6.46. The zero-order chi connectivity index (χ0) is 15.4. The second-order valence-electron chi connectivity index (χ2n) is 4.71. The molecule has 5 nitrogen and oxygen atoms in total. The average molecular weight is 284 g/mol. The molecule has 0 saturated carbocycles. The van der Waals surface area contributed by atoms with E-state index >= 15 is 0 Å². The van der Waals surface area contributed by atoms with Crippen molar-refractivity contribution in [3.05, 3.63) is 53.3 Å². The number of ether oxygens (including phenoxy) is 1. The molecule has 0 saturated heterocycles. The Morgan fingerprint density at radius 1 is 1.19 bits per heavy atom. The maximum absolute atomic E-state index is 11.2. The zero-order valence-electron chi connectivity index (χ0n) is 11.9. The number of pyridine rings is 1. The zero-order valence-corrected chi connectivity index (χ0v) is 11.9. The summed E-state index contributed by atoms with van der Waals surface area (Å²) in [6, 6.07) is 9.14. The summed E-state index contributed by atoms with van der Waals surface area (Å²) >= 11 is 0. The molecule has 2 rings (SSSR count). The van der Waals surface area contributed by atoms with E-state index in [1.807, 2.05) is 31.2 Å². The SMILES string of the molecule is CC(=O)OCc1cc(-c2ccc(C(N)=O)c(C)c2)ccn1. The Kier molecular flexibility index (Phi) is 4.33. The quantitative estimate of drug-likeness (QED) is 0.873. The summed E-state index contributed by atoms with van der Waals surface area (Å²) in [5.74, 6) is -0.784. The van der Waals surface area contributed by atoms with Crippen LogP contribution < -0.4 is 5.73 Å². The molecule has 1 aromatic carbocycles. The van der Waals surface area contributed by atoms with Gasteiger partial charge in [0.05, 0.1) is 5.69 Å². The molecule has 108 valence electrons. The summed E-state index contributed by atoms with van der Waals surface area (Å²) in [6.07, 6.45) is 1.66. The Bertz CT molecular complexity index is 696. The Morgan fingerprint density at radius 2 is 1.90 bits per heavy atom. The molecular formula is C16H16N2O3. The fourth-order valence-corrected chi connectivity index (χ4v) is 2.03. The lowest BCUT2D eigenvalue weighted by atomic mass is 10.00. The highest BCUT2D eigenvalue weighted by atomic mass is 16.5. The van der Waals surface area contributed by atoms with Gasteiger partial charge in [-0.1, -0.05) is 12.1 Å². The topological polar surface area (TPSA) is 82.3 Å². The van der Waals surface area contributed by atoms with Gasteiger partial charge in [-0.25, -0.2) is 0 Å². The highest BCUT2D eigenvalue weighted by Gasteiger charge is 2.07. The van der Waals surface area contributed by atoms with Crippen LogP contribution in [0, 0.1) is 6.92 Å². The molecule has 0 fully saturated rings. The van der Waals surface area contributed by atoms with Crippen LogP contribution in [-0.2, 0) is 16.1 Å². The maximum Gasteiger partial charge on any atom is 0.303 e. The van der Waals surface area contributed by atoms with Crippen LogP contribution in [-0.4, -0.2) is 16.9 Å². The van der Waals surface area contributed by atoms with E-state index in [0.717, 1.165) is 16.7 Å². The molecule has 0 atom stereocenters. The van der Waals surface area contributed by atoms with Crippen molar-refractivity contribution in [1.29, 1.82) is 0 Å². The van der Waals surface area contributed by atoms with Crippen molar-refractivity contribution < 1.29 is 14.3 Å². The number of nitrogens with zero attached hydrogens (tertiary/aromatic N) is 1. The number of primary amides is 1. The first-order valence-electron chi connectivity index (χ1n) is 6.46. The number of hydrogen-bond donors (Lipinski definition) is 1. The summed E-state index contributed by atoms with van der Waals surface area (Å²) in [4.78, 5) is 26.2. The number of carbonyl (C=O) groups excluding carboxylic acids is 2. The third kappa shape index (κ3) is 3.66. The van der Waals surface area contributed by atoms with Gasteiger partial charge in [0.25, 0.3) is 0 Å². The van der Waals surface area contributed by atoms with Gasteiger partial charge in [-0.05, 0) is 41.8 Å². The van der Waals surface area contributed by atoms with Gasteiger partial charge in [0.2, 0.25) is 5.91 Å². The van der Waals surface area contributed by atoms with Crippen LogP contribution in [0.25, 0.3) is 11.1 Å². The van der Waals surface area contributed by atoms with Gasteiger partial charge in [0.1, 0.15) is 6.61 Å². The second kappa shape index (κ2) is 6.17. The molecule has 0 spiro atoms. The minimum Gasteiger partial charge on any atom is -0.459 e. The fourth-order valence-electron chi connectivity index (χ4n) is 2.03. The minimum absolute atomic E-state index is 0.140. The van der Waals surface area contributed by atoms with Gasteiger partial charge in [-0.3, -0.25) is 14.6 Å². The van der Waals surface area contributed by atoms with Gasteiger partial charge in [0, 0.05) is 18.7 Å². The number of benzene rings is 1. The molecule has 2 aromatic rings. The van der Waals surface area contributed by atoms with E-state index in [1.165, 1.54) is 6.92 Å². The van der Waals surface area contributed by atoms with E-state index in [1.54, 1.807) is 12.3 Å². The molecule has 2 N–H and O–H groups in total. The largest absolute Gasteiger partial charge is 0.459 e. The monoisotopic (exact) mass is 284 g/mol. The number of aryl methyl sites for hydroxylation is 1. The van der Waals surface area contributed by atoms with Crippen LogP contribution >= 0.6 is 0 Å². The number of nitrogens with two attached hydrogens (primary N) is 1. The Morgan fingerprint density at radius 3 is 2.52 bits per heavy atom. The lowest BCUT2D eigenvalue weighted by Gasteiger charge is -2.08. The molecule has 1 amide bonds. The van der Waals surface area contributed by atoms with Crippen molar-refractivity contribution in [1.82, 2.24) is 4.98 Å². The molecule has 1 heterocycles. The molecule has 0 aliphatic carbocycles. The summed E-state index contributed by atoms with van der Waals surface area (Å²) < 4.78 is 4.93. The van der Waals surface area contributed by atoms with Crippen LogP contribution in [0.3, 0.4) is 0 Å². The van der Waals surface area contributed by atoms with E-state index in [4.69, 9.17) is 10.5 Å². The van der Waals surface area contributed by atoms with Crippen molar-refractivity contribution >= 4 is 11.9 Å². The van der Waals surface area contributed by atoms with Gasteiger partial charge < -0.3 is 10.5 Å². The summed E-state index contributed by atoms with van der Waals surface area (Å²) in [6.45, 7) is 3.34. The molecule has 5 heteroatoms. The Labute approximate surface area is 122 Å². The lowest BCUT2D eigenvalue weighted by Crippen LogP contribution is -2.12. The van der Waals surface area contributed by atoms with E-state index in [0.29, 0.717) is 11.3 Å². The molecule has 0 radical (unpaired) electrons. The molecule has 0 unspecified atom stereocenters. The fraction of sp³-hybridized carbons (Fsp3) is 0.188. The Hall–Kier alpha value is -2.69. The summed E-state index contributed by atoms with van der Waals surface area (Å²) in [7, 11) is 0. The van der Waals surface area contributed by atoms with Crippen LogP contribution in [0.4, 0.5) is 0 Å². The summed E-state index contributed by atoms with van der Waals surface area (Å²) in [5, 5.41) is 0. The van der Waals surface area contributed by atoms with Crippen molar-refractivity contribution in [3.8, 4) is 11.1 Å². The predicted molar refractivity (Wildman–Crippen MR) is 78.4 cm³/mol. The second-order valence-corrected chi connectivity index (χ2v) is 4.71. The molecular weight excluding hydrogens is 268 g/mol. The summed E-state index contributed by atoms with van der Waals surface area (Å²) in [5.41, 5.74) is 9.17. The van der Waals surface area contributed by atoms with Crippen LogP contribution in [0.2, 0.25) is 0 Å². The number of rotatable bonds is 4. The van der Waals surface area contributed by atoms with E-state index in [-0.39, 0.29) is 12.6 Å². The first-order chi connectivity index (χ1) is 9.97. The van der Waals surface area contributed by atoms with Crippen LogP contribution in [0.5, 0.6) is 0 Å². The maximum atomic E-state index is 11.2. The van der Waals surface area contributed by atoms with Crippen LogP contribution in [0.15, 0.2) is 36.5 Å². The first kappa shape index (κ1) is 14.7. The Balaban J connectivity index is 2.29. The van der Waals surface area contributed by atoms with Gasteiger partial charge in [-0.15, -0.1) is 0 Å². The van der Waals surface area contributed by atoms with E-state index < -0.39 is 5.91 Å². The molecule has 0 aliphatic rings. The third-order valence-electron chi connectivity index (χ3n) is 3.07. The van der Waals surface area contributed by atoms with Crippen LogP contribution in [0.1, 0.15) is 28.5 Å². The predicted octanol–water partition coefficient (Wildman–Crippen LogP) is 2.22. The van der Waals surface area contributed by atoms with E-state index in [2.05, 4.69) is 4.98 Å². The number of carbonyl (C=O) groups is 2. The molecule has 0 bridgehead atoms. The van der Waals surface area contributed by atoms with Gasteiger partial charge in [0.15, 0.2) is 0 Å².